The minimum absolute atomic E-state index is 0.288. The van der Waals surface area contributed by atoms with E-state index in [4.69, 9.17) is 9.84 Å². The summed E-state index contributed by atoms with van der Waals surface area (Å²) in [6.07, 6.45) is 4.38. The Balaban J connectivity index is 2.20. The molecular weight excluding hydrogens is 260 g/mol. The molecule has 2 rings (SSSR count). The molecule has 1 heterocycles. The van der Waals surface area contributed by atoms with Crippen LogP contribution in [-0.2, 0) is 0 Å². The number of carbonyl (C=O) groups is 1. The van der Waals surface area contributed by atoms with E-state index in [1.54, 1.807) is 19.3 Å². The van der Waals surface area contributed by atoms with E-state index in [2.05, 4.69) is 9.97 Å². The fraction of sp³-hybridized carbons (Fsp3) is 0.0714. The number of nitrogens with zero attached hydrogens (tertiary/aromatic N) is 1. The molecule has 2 aromatic rings. The third kappa shape index (κ3) is 3.11. The number of benzene rings is 1. The van der Waals surface area contributed by atoms with Crippen molar-refractivity contribution in [3.63, 3.8) is 0 Å². The highest BCUT2D eigenvalue weighted by Gasteiger charge is 2.08. The summed E-state index contributed by atoms with van der Waals surface area (Å²) < 4.78 is 5.04. The number of aromatic nitrogens is 2. The van der Waals surface area contributed by atoms with Gasteiger partial charge >= 0.3 is 5.97 Å². The minimum Gasteiger partial charge on any atom is -0.497 e. The highest BCUT2D eigenvalue weighted by atomic mass is 16.5. The molecule has 0 unspecified atom stereocenters. The number of hydrogen-bond acceptors (Lipinski definition) is 4. The highest BCUT2D eigenvalue weighted by Crippen LogP contribution is 2.12. The molecule has 0 saturated heterocycles. The Kier molecular flexibility index (Phi) is 3.95. The number of aromatic amines is 1. The van der Waals surface area contributed by atoms with Crippen molar-refractivity contribution in [2.75, 3.05) is 7.11 Å². The van der Waals surface area contributed by atoms with Gasteiger partial charge in [-0.05, 0) is 23.8 Å². The lowest BCUT2D eigenvalue weighted by atomic mass is 10.2. The number of rotatable bonds is 4. The zero-order chi connectivity index (χ0) is 14.5. The van der Waals surface area contributed by atoms with Gasteiger partial charge < -0.3 is 14.8 Å². The molecular formula is C14H12N2O4. The van der Waals surface area contributed by atoms with Gasteiger partial charge in [-0.25, -0.2) is 9.78 Å². The summed E-state index contributed by atoms with van der Waals surface area (Å²) in [7, 11) is 1.59. The first-order valence-corrected chi connectivity index (χ1v) is 5.75. The molecule has 0 aliphatic heterocycles. The molecule has 0 amide bonds. The molecule has 102 valence electrons. The molecule has 0 aliphatic rings. The Morgan fingerprint density at radius 3 is 2.55 bits per heavy atom. The summed E-state index contributed by atoms with van der Waals surface area (Å²) in [6.45, 7) is 0. The second-order valence-corrected chi connectivity index (χ2v) is 3.92. The van der Waals surface area contributed by atoms with E-state index >= 15 is 0 Å². The van der Waals surface area contributed by atoms with Crippen molar-refractivity contribution in [3.8, 4) is 5.75 Å². The van der Waals surface area contributed by atoms with Crippen LogP contribution >= 0.6 is 0 Å². The largest absolute Gasteiger partial charge is 0.497 e. The second kappa shape index (κ2) is 5.83. The number of carboxylic acid groups (broad SMARTS) is 1. The molecule has 0 fully saturated rings. The number of methoxy groups -OCH3 is 1. The standard InChI is InChI=1S/C14H12N2O4/c1-20-10-5-2-9(3-6-10)4-7-12-15-8-11(14(18)19)13(17)16-12/h2-8H,1H3,(H,18,19)(H,15,16,17)/b7-4+. The smallest absolute Gasteiger partial charge is 0.342 e. The Labute approximate surface area is 114 Å². The molecule has 6 heteroatoms. The maximum absolute atomic E-state index is 11.4. The van der Waals surface area contributed by atoms with Crippen molar-refractivity contribution >= 4 is 18.1 Å². The second-order valence-electron chi connectivity index (χ2n) is 3.92. The fourth-order valence-electron chi connectivity index (χ4n) is 1.54. The molecule has 0 spiro atoms. The number of aromatic carboxylic acids is 1. The van der Waals surface area contributed by atoms with Crippen molar-refractivity contribution in [2.45, 2.75) is 0 Å². The lowest BCUT2D eigenvalue weighted by Crippen LogP contribution is -2.18. The fourth-order valence-corrected chi connectivity index (χ4v) is 1.54. The van der Waals surface area contributed by atoms with E-state index in [0.29, 0.717) is 0 Å². The van der Waals surface area contributed by atoms with Crippen LogP contribution in [0.4, 0.5) is 0 Å². The Morgan fingerprint density at radius 1 is 1.30 bits per heavy atom. The topological polar surface area (TPSA) is 92.3 Å². The van der Waals surface area contributed by atoms with Gasteiger partial charge in [-0.3, -0.25) is 4.79 Å². The molecule has 20 heavy (non-hydrogen) atoms. The van der Waals surface area contributed by atoms with Gasteiger partial charge in [-0.1, -0.05) is 18.2 Å². The molecule has 0 aliphatic carbocycles. The Bertz CT molecular complexity index is 702. The van der Waals surface area contributed by atoms with E-state index in [9.17, 15) is 9.59 Å². The lowest BCUT2D eigenvalue weighted by molar-refractivity contribution is 0.0694. The van der Waals surface area contributed by atoms with Gasteiger partial charge in [0.25, 0.3) is 5.56 Å². The molecule has 1 aromatic heterocycles. The van der Waals surface area contributed by atoms with Crippen LogP contribution in [0.1, 0.15) is 21.7 Å². The Morgan fingerprint density at radius 2 is 2.00 bits per heavy atom. The van der Waals surface area contributed by atoms with Crippen molar-refractivity contribution < 1.29 is 14.6 Å². The lowest BCUT2D eigenvalue weighted by Gasteiger charge is -1.99. The third-order valence-electron chi connectivity index (χ3n) is 2.60. The summed E-state index contributed by atoms with van der Waals surface area (Å²) in [5.74, 6) is -0.264. The molecule has 2 N–H and O–H groups in total. The molecule has 0 bridgehead atoms. The van der Waals surface area contributed by atoms with Crippen molar-refractivity contribution in [2.24, 2.45) is 0 Å². The zero-order valence-corrected chi connectivity index (χ0v) is 10.7. The van der Waals surface area contributed by atoms with Crippen LogP contribution in [0.5, 0.6) is 5.75 Å². The molecule has 0 radical (unpaired) electrons. The first-order valence-electron chi connectivity index (χ1n) is 5.75. The van der Waals surface area contributed by atoms with Crippen LogP contribution in [0.15, 0.2) is 35.3 Å². The van der Waals surface area contributed by atoms with Crippen molar-refractivity contribution in [1.82, 2.24) is 9.97 Å². The minimum atomic E-state index is -1.30. The van der Waals surface area contributed by atoms with Gasteiger partial charge in [0.15, 0.2) is 0 Å². The maximum Gasteiger partial charge on any atom is 0.342 e. The summed E-state index contributed by atoms with van der Waals surface area (Å²) >= 11 is 0. The average molecular weight is 272 g/mol. The van der Waals surface area contributed by atoms with Gasteiger partial charge in [-0.2, -0.15) is 0 Å². The van der Waals surface area contributed by atoms with E-state index in [1.165, 1.54) is 0 Å². The van der Waals surface area contributed by atoms with E-state index in [0.717, 1.165) is 17.5 Å². The summed E-state index contributed by atoms with van der Waals surface area (Å²) in [4.78, 5) is 28.4. The average Bonchev–Trinajstić information content (AvgIpc) is 2.45. The van der Waals surface area contributed by atoms with Crippen molar-refractivity contribution in [3.05, 3.63) is 57.8 Å². The first kappa shape index (κ1) is 13.5. The molecule has 1 aromatic carbocycles. The third-order valence-corrected chi connectivity index (χ3v) is 2.60. The summed E-state index contributed by atoms with van der Waals surface area (Å²) in [5, 5.41) is 8.72. The predicted molar refractivity (Wildman–Crippen MR) is 73.7 cm³/mol. The summed E-state index contributed by atoms with van der Waals surface area (Å²) in [6, 6.07) is 7.31. The van der Waals surface area contributed by atoms with Crippen molar-refractivity contribution in [1.29, 1.82) is 0 Å². The van der Waals surface area contributed by atoms with Crippen LogP contribution in [0.2, 0.25) is 0 Å². The van der Waals surface area contributed by atoms with Crippen LogP contribution in [0.3, 0.4) is 0 Å². The normalized spacial score (nSPS) is 10.7. The molecule has 0 saturated carbocycles. The maximum atomic E-state index is 11.4. The molecule has 0 atom stereocenters. The van der Waals surface area contributed by atoms with Gasteiger partial charge in [-0.15, -0.1) is 0 Å². The van der Waals surface area contributed by atoms with Gasteiger partial charge in [0.2, 0.25) is 0 Å². The quantitative estimate of drug-likeness (QED) is 0.882. The van der Waals surface area contributed by atoms with Gasteiger partial charge in [0.1, 0.15) is 17.1 Å². The SMILES string of the molecule is COc1ccc(/C=C/c2ncc(C(=O)O)c(=O)[nH]2)cc1. The number of carboxylic acids is 1. The van der Waals surface area contributed by atoms with E-state index < -0.39 is 11.5 Å². The van der Waals surface area contributed by atoms with Gasteiger partial charge in [0, 0.05) is 6.20 Å². The van der Waals surface area contributed by atoms with E-state index in [1.807, 2.05) is 24.3 Å². The predicted octanol–water partition coefficient (Wildman–Crippen LogP) is 1.65. The number of H-pyrrole nitrogens is 1. The van der Waals surface area contributed by atoms with Crippen LogP contribution in [0.25, 0.3) is 12.2 Å². The van der Waals surface area contributed by atoms with Crippen LogP contribution in [0, 0.1) is 0 Å². The Hall–Kier alpha value is -2.89. The number of ether oxygens (including phenoxy) is 1. The highest BCUT2D eigenvalue weighted by molar-refractivity contribution is 5.86. The zero-order valence-electron chi connectivity index (χ0n) is 10.7. The van der Waals surface area contributed by atoms with Gasteiger partial charge in [0.05, 0.1) is 7.11 Å². The van der Waals surface area contributed by atoms with Crippen LogP contribution < -0.4 is 10.3 Å². The van der Waals surface area contributed by atoms with E-state index in [-0.39, 0.29) is 11.4 Å². The number of hydrogen-bond donors (Lipinski definition) is 2. The van der Waals surface area contributed by atoms with Crippen LogP contribution in [-0.4, -0.2) is 28.2 Å². The number of nitrogens with one attached hydrogen (secondary N) is 1. The molecule has 6 nitrogen and oxygen atoms in total. The first-order chi connectivity index (χ1) is 9.60. The summed E-state index contributed by atoms with van der Waals surface area (Å²) in [5.41, 5.74) is -0.163. The monoisotopic (exact) mass is 272 g/mol.